The van der Waals surface area contributed by atoms with Gasteiger partial charge in [0.05, 0.1) is 47.0 Å². The van der Waals surface area contributed by atoms with Crippen LogP contribution in [0.15, 0.2) is 78.1 Å². The number of aliphatic imine (C=N–C) groups is 2. The van der Waals surface area contributed by atoms with Crippen molar-refractivity contribution >= 4 is 58.3 Å². The van der Waals surface area contributed by atoms with Crippen LogP contribution in [0.5, 0.6) is 0 Å². The van der Waals surface area contributed by atoms with Crippen molar-refractivity contribution in [3.05, 3.63) is 126 Å². The van der Waals surface area contributed by atoms with Gasteiger partial charge in [0.15, 0.2) is 11.3 Å². The van der Waals surface area contributed by atoms with E-state index in [9.17, 15) is 19.2 Å². The van der Waals surface area contributed by atoms with Gasteiger partial charge in [-0.1, -0.05) is 149 Å². The number of aromatic nitrogens is 10. The molecule has 0 aromatic carbocycles. The number of carbonyl (C=O) groups is 2. The van der Waals surface area contributed by atoms with Crippen LogP contribution in [0.3, 0.4) is 0 Å². The summed E-state index contributed by atoms with van der Waals surface area (Å²) >= 11 is 3.87. The minimum Gasteiger partial charge on any atom is -0.472 e. The number of H-pyrrole nitrogens is 2. The fourth-order valence-corrected chi connectivity index (χ4v) is 7.58. The van der Waals surface area contributed by atoms with Crippen molar-refractivity contribution in [2.24, 2.45) is 33.7 Å². The highest BCUT2D eigenvalue weighted by atomic mass is 32.1. The first kappa shape index (κ1) is 81.8. The number of amides is 2. The molecule has 6 aromatic heterocycles. The van der Waals surface area contributed by atoms with Gasteiger partial charge < -0.3 is 29.2 Å². The number of nitrogens with one attached hydrogen (secondary N) is 6. The Labute approximate surface area is 528 Å². The number of hydroxylamine groups is 2. The van der Waals surface area contributed by atoms with Crippen LogP contribution < -0.4 is 31.9 Å². The molecule has 0 saturated carbocycles. The molecule has 488 valence electrons. The lowest BCUT2D eigenvalue weighted by Crippen LogP contribution is -2.22. The number of rotatable bonds is 10. The van der Waals surface area contributed by atoms with E-state index in [0.717, 1.165) is 69.0 Å². The van der Waals surface area contributed by atoms with Gasteiger partial charge in [-0.3, -0.25) is 24.2 Å². The van der Waals surface area contributed by atoms with Crippen LogP contribution in [-0.2, 0) is 19.3 Å². The van der Waals surface area contributed by atoms with E-state index in [0.29, 0.717) is 58.8 Å². The molecular weight excluding hydrogens is 1170 g/mol. The Hall–Kier alpha value is -7.26. The number of hydrogen-bond donors (Lipinski definition) is 6. The number of tetrazole rings is 1. The van der Waals surface area contributed by atoms with E-state index in [1.165, 1.54) is 29.1 Å². The highest BCUT2D eigenvalue weighted by molar-refractivity contribution is 7.05. The van der Waals surface area contributed by atoms with Gasteiger partial charge in [0, 0.05) is 89.1 Å². The van der Waals surface area contributed by atoms with E-state index in [1.807, 2.05) is 124 Å². The van der Waals surface area contributed by atoms with Gasteiger partial charge in [0.1, 0.15) is 23.3 Å². The zero-order chi connectivity index (χ0) is 67.3. The molecule has 2 aliphatic rings. The number of carbonyl (C=O) groups excluding carboxylic acids is 2. The fraction of sp³-hybridized carbons (Fsp3) is 0.600. The van der Waals surface area contributed by atoms with Crippen molar-refractivity contribution in [3.63, 3.8) is 0 Å². The van der Waals surface area contributed by atoms with Crippen LogP contribution in [0, 0.1) is 51.4 Å². The van der Waals surface area contributed by atoms with Crippen molar-refractivity contribution in [1.82, 2.24) is 69.9 Å². The first-order chi connectivity index (χ1) is 40.5. The molecule has 0 radical (unpaired) electrons. The number of aromatic amines is 2. The average molecular weight is 1270 g/mol. The molecule has 0 atom stereocenters. The summed E-state index contributed by atoms with van der Waals surface area (Å²) in [7, 11) is 3.28. The molecule has 0 aliphatic carbocycles. The molecule has 6 aromatic rings. The Morgan fingerprint density at radius 3 is 1.31 bits per heavy atom. The molecule has 6 N–H and O–H groups in total. The lowest BCUT2D eigenvalue weighted by atomic mass is 10.0. The van der Waals surface area contributed by atoms with E-state index in [2.05, 4.69) is 141 Å². The summed E-state index contributed by atoms with van der Waals surface area (Å²) in [6.45, 7) is 55.1. The van der Waals surface area contributed by atoms with Gasteiger partial charge in [0.25, 0.3) is 0 Å². The summed E-state index contributed by atoms with van der Waals surface area (Å²) < 4.78 is 26.2. The maximum absolute atomic E-state index is 11.4. The molecule has 24 nitrogen and oxygen atoms in total. The van der Waals surface area contributed by atoms with Crippen molar-refractivity contribution < 1.29 is 28.2 Å². The summed E-state index contributed by atoms with van der Waals surface area (Å²) in [6, 6.07) is 4.11. The molecule has 0 spiro atoms. The van der Waals surface area contributed by atoms with Gasteiger partial charge in [-0.05, 0) is 76.2 Å². The molecule has 8 heterocycles. The number of aryl methyl sites for hydroxylation is 4. The van der Waals surface area contributed by atoms with Crippen LogP contribution in [0.2, 0.25) is 0 Å². The first-order valence-corrected chi connectivity index (χ1v) is 31.1. The smallest absolute Gasteiger partial charge is 0.323 e. The van der Waals surface area contributed by atoms with Gasteiger partial charge in [-0.25, -0.2) is 11.0 Å². The summed E-state index contributed by atoms with van der Waals surface area (Å²) in [5.41, 5.74) is 11.2. The van der Waals surface area contributed by atoms with Gasteiger partial charge >= 0.3 is 4.87 Å². The monoisotopic (exact) mass is 1270 g/mol. The van der Waals surface area contributed by atoms with Crippen molar-refractivity contribution in [2.75, 3.05) is 14.1 Å². The summed E-state index contributed by atoms with van der Waals surface area (Å²) in [6.07, 6.45) is 3.01. The van der Waals surface area contributed by atoms with Crippen molar-refractivity contribution in [2.45, 2.75) is 202 Å². The molecular formula is C60H102N16O8S3. The highest BCUT2D eigenvalue weighted by Gasteiger charge is 2.14. The number of amidine groups is 2. The minimum absolute atomic E-state index is 0.0706. The molecule has 0 saturated heterocycles. The lowest BCUT2D eigenvalue weighted by molar-refractivity contribution is -0.124. The predicted octanol–water partition coefficient (Wildman–Crippen LogP) is 12.9. The SMILES string of the molecule is C=C1N=C(C(C)C)NO1.C=C1N=C(C(C)C)NO1.CC(C)c1nn[nH]n1.CC(C)c1nsc(=O)[nH]1.CNC(=O)C(C)C.CNC(=O)C(C)C.Cc1cc(C(C)C)on1.Cc1cc(C(C)C)sn1.Cc1cocc(C(C)C)c1=O.Cc1nsnc1C(C)C. The van der Waals surface area contributed by atoms with E-state index >= 15 is 0 Å². The van der Waals surface area contributed by atoms with Crippen molar-refractivity contribution in [1.29, 1.82) is 0 Å². The lowest BCUT2D eigenvalue weighted by Gasteiger charge is -2.02. The molecule has 8 rings (SSSR count). The fourth-order valence-electron chi connectivity index (χ4n) is 5.57. The maximum atomic E-state index is 11.4. The number of hydrogen-bond acceptors (Lipinski definition) is 23. The Morgan fingerprint density at radius 1 is 0.586 bits per heavy atom. The second kappa shape index (κ2) is 44.2. The molecule has 2 amide bonds. The summed E-state index contributed by atoms with van der Waals surface area (Å²) in [4.78, 5) is 64.1. The third-order valence-electron chi connectivity index (χ3n) is 10.9. The standard InChI is InChI=1S/C9H12O2.C7H11NO.C7H11NS.2C6H10N2O.C6H10N2S.C5H8N2OS.2C5H11NO.C4H8N4/c1-6(2)8-5-11-4-7(3)9(8)10;2*1-5(2)7-4-6(3)8-9-7;2*1-4(2)6-7-5(3)9-8-6;1-4(2)6-5(3)7-9-8-6;1-3(2)4-6-5(8)9-7-4;2*1-4(2)5(7)6-3;1-3(2)4-5-7-8-6-4/h4-6H,1-3H3;2*4-5H,1-3H3;2*4H,3H2,1-2H3,(H,7,8);4H,1-3H3;3H,1-2H3,(H,6,7,8);2*4H,1-3H3,(H,6,7);3H,1-2H3,(H,5,6,7,8). The second-order valence-corrected chi connectivity index (χ2v) is 24.6. The zero-order valence-corrected chi connectivity index (χ0v) is 58.9. The molecule has 0 unspecified atom stereocenters. The maximum Gasteiger partial charge on any atom is 0.323 e. The van der Waals surface area contributed by atoms with E-state index in [4.69, 9.17) is 18.6 Å². The second-order valence-electron chi connectivity index (χ2n) is 22.5. The normalized spacial score (nSPS) is 11.7. The molecule has 2 aliphatic heterocycles. The Balaban J connectivity index is 0. The Kier molecular flexibility index (Phi) is 41.6. The molecule has 27 heteroatoms. The summed E-state index contributed by atoms with van der Waals surface area (Å²) in [5, 5.41) is 22.1. The zero-order valence-electron chi connectivity index (χ0n) is 56.5. The topological polar surface area (TPSA) is 321 Å². The average Bonchev–Trinajstić information content (AvgIpc) is 4.44. The third-order valence-corrected chi connectivity index (χ3v) is 13.3. The first-order valence-electron chi connectivity index (χ1n) is 28.9. The van der Waals surface area contributed by atoms with Gasteiger partial charge in [0.2, 0.25) is 23.6 Å². The van der Waals surface area contributed by atoms with Crippen LogP contribution >= 0.6 is 34.8 Å². The predicted molar refractivity (Wildman–Crippen MR) is 353 cm³/mol. The van der Waals surface area contributed by atoms with E-state index in [-0.39, 0.29) is 39.9 Å². The third kappa shape index (κ3) is 36.5. The van der Waals surface area contributed by atoms with Crippen molar-refractivity contribution in [3.8, 4) is 0 Å². The minimum atomic E-state index is -0.0706. The summed E-state index contributed by atoms with van der Waals surface area (Å²) in [5.74, 6) is 8.82. The Morgan fingerprint density at radius 2 is 1.11 bits per heavy atom. The van der Waals surface area contributed by atoms with Crippen LogP contribution in [0.25, 0.3) is 0 Å². The van der Waals surface area contributed by atoms with E-state index < -0.39 is 0 Å². The molecule has 0 fully saturated rings. The van der Waals surface area contributed by atoms with Gasteiger partial charge in [-0.2, -0.15) is 32.7 Å². The highest BCUT2D eigenvalue weighted by Crippen LogP contribution is 2.19. The molecule has 0 bridgehead atoms. The largest absolute Gasteiger partial charge is 0.472 e. The van der Waals surface area contributed by atoms with Crippen LogP contribution in [0.4, 0.5) is 0 Å². The van der Waals surface area contributed by atoms with Crippen LogP contribution in [0.1, 0.15) is 230 Å². The molecule has 87 heavy (non-hydrogen) atoms. The van der Waals surface area contributed by atoms with Crippen LogP contribution in [-0.4, -0.2) is 85.8 Å². The number of nitrogens with zero attached hydrogens (tertiary/aromatic N) is 10. The van der Waals surface area contributed by atoms with Gasteiger partial charge in [-0.15, -0.1) is 10.2 Å². The van der Waals surface area contributed by atoms with E-state index in [1.54, 1.807) is 32.6 Å². The Bertz CT molecular complexity index is 2930. The quantitative estimate of drug-likeness (QED) is 0.0742.